The zero-order valence-corrected chi connectivity index (χ0v) is 15.0. The Morgan fingerprint density at radius 1 is 1.04 bits per heavy atom. The maximum absolute atomic E-state index is 6.22. The highest BCUT2D eigenvalue weighted by Gasteiger charge is 2.51. The van der Waals surface area contributed by atoms with E-state index in [-0.39, 0.29) is 18.3 Å². The third-order valence-electron chi connectivity index (χ3n) is 4.40. The first-order valence-electron chi connectivity index (χ1n) is 8.73. The maximum Gasteiger partial charge on any atom is 0.186 e. The molecular formula is C20H26O6. The van der Waals surface area contributed by atoms with Crippen LogP contribution in [-0.4, -0.2) is 57.6 Å². The lowest BCUT2D eigenvalue weighted by Crippen LogP contribution is -2.63. The monoisotopic (exact) mass is 362 g/mol. The van der Waals surface area contributed by atoms with Gasteiger partial charge < -0.3 is 28.4 Å². The Labute approximate surface area is 154 Å². The topological polar surface area (TPSA) is 55.4 Å². The van der Waals surface area contributed by atoms with Gasteiger partial charge in [-0.05, 0) is 0 Å². The number of ether oxygens (including phenoxy) is 6. The first kappa shape index (κ1) is 19.2. The minimum atomic E-state index is -0.577. The molecule has 0 spiro atoms. The minimum absolute atomic E-state index is 0.307. The lowest BCUT2D eigenvalue weighted by atomic mass is 9.97. The second-order valence-corrected chi connectivity index (χ2v) is 6.13. The summed E-state index contributed by atoms with van der Waals surface area (Å²) in [6.45, 7) is 8.54. The summed E-state index contributed by atoms with van der Waals surface area (Å²) in [5.74, 6) is 0. The number of rotatable bonds is 8. The van der Waals surface area contributed by atoms with E-state index < -0.39 is 18.7 Å². The van der Waals surface area contributed by atoms with Crippen molar-refractivity contribution < 1.29 is 28.4 Å². The molecule has 0 saturated carbocycles. The summed E-state index contributed by atoms with van der Waals surface area (Å²) in [6, 6.07) is 9.80. The van der Waals surface area contributed by atoms with E-state index in [4.69, 9.17) is 28.4 Å². The summed E-state index contributed by atoms with van der Waals surface area (Å²) < 4.78 is 35.5. The van der Waals surface area contributed by atoms with Crippen molar-refractivity contribution in [2.45, 2.75) is 37.0 Å². The van der Waals surface area contributed by atoms with Crippen LogP contribution in [0.5, 0.6) is 0 Å². The molecule has 2 fully saturated rings. The van der Waals surface area contributed by atoms with E-state index in [1.54, 1.807) is 19.3 Å². The van der Waals surface area contributed by atoms with Gasteiger partial charge in [0.05, 0.1) is 19.8 Å². The molecule has 142 valence electrons. The Bertz CT molecular complexity index is 577. The first-order chi connectivity index (χ1) is 12.8. The molecule has 6 heteroatoms. The largest absolute Gasteiger partial charge is 0.368 e. The maximum atomic E-state index is 6.22. The average Bonchev–Trinajstić information content (AvgIpc) is 2.70. The molecule has 2 aliphatic rings. The molecule has 0 aromatic heterocycles. The van der Waals surface area contributed by atoms with Crippen LogP contribution < -0.4 is 0 Å². The molecule has 6 atom stereocenters. The molecule has 2 heterocycles. The molecule has 1 aromatic rings. The van der Waals surface area contributed by atoms with Crippen molar-refractivity contribution >= 4 is 0 Å². The van der Waals surface area contributed by atoms with E-state index in [0.717, 1.165) is 5.56 Å². The Morgan fingerprint density at radius 3 is 2.38 bits per heavy atom. The molecule has 2 saturated heterocycles. The average molecular weight is 362 g/mol. The van der Waals surface area contributed by atoms with Crippen LogP contribution in [0.25, 0.3) is 0 Å². The second-order valence-electron chi connectivity index (χ2n) is 6.13. The molecule has 26 heavy (non-hydrogen) atoms. The van der Waals surface area contributed by atoms with Gasteiger partial charge >= 0.3 is 0 Å². The van der Waals surface area contributed by atoms with Crippen LogP contribution >= 0.6 is 0 Å². The van der Waals surface area contributed by atoms with Crippen molar-refractivity contribution in [1.82, 2.24) is 0 Å². The summed E-state index contributed by atoms with van der Waals surface area (Å²) in [4.78, 5) is 0. The third-order valence-corrected chi connectivity index (χ3v) is 4.40. The van der Waals surface area contributed by atoms with E-state index in [1.807, 2.05) is 30.3 Å². The summed E-state index contributed by atoms with van der Waals surface area (Å²) in [6.07, 6.45) is 0.835. The SMILES string of the molecule is C=CCO[C@@H]1[C@H](OCC=C)[C@H](OC)O[C@@H]2CO[C@H](c3ccccc3)O[C@@H]12. The van der Waals surface area contributed by atoms with Crippen LogP contribution in [0.3, 0.4) is 0 Å². The van der Waals surface area contributed by atoms with Crippen molar-refractivity contribution in [3.05, 3.63) is 61.2 Å². The molecule has 0 bridgehead atoms. The van der Waals surface area contributed by atoms with Crippen molar-refractivity contribution in [2.75, 3.05) is 26.9 Å². The molecular weight excluding hydrogens is 336 g/mol. The van der Waals surface area contributed by atoms with E-state index in [9.17, 15) is 0 Å². The zero-order valence-electron chi connectivity index (χ0n) is 15.0. The van der Waals surface area contributed by atoms with Crippen LogP contribution in [0, 0.1) is 0 Å². The van der Waals surface area contributed by atoms with E-state index in [2.05, 4.69) is 13.2 Å². The standard InChI is InChI=1S/C20H26O6/c1-4-11-22-17-16-15(25-20(21-3)18(17)23-12-5-2)13-24-19(26-16)14-9-7-6-8-10-14/h4-10,15-20H,1-2,11-13H2,3H3/t15-,16-,17+,18+,19+,20-/m1/s1. The number of hydrogen-bond acceptors (Lipinski definition) is 6. The van der Waals surface area contributed by atoms with Gasteiger partial charge in [-0.1, -0.05) is 42.5 Å². The number of fused-ring (bicyclic) bond motifs is 1. The van der Waals surface area contributed by atoms with Gasteiger partial charge in [0.2, 0.25) is 0 Å². The van der Waals surface area contributed by atoms with Gasteiger partial charge in [0.25, 0.3) is 0 Å². The van der Waals surface area contributed by atoms with Gasteiger partial charge in [-0.15, -0.1) is 13.2 Å². The second kappa shape index (κ2) is 9.41. The smallest absolute Gasteiger partial charge is 0.186 e. The van der Waals surface area contributed by atoms with Crippen molar-refractivity contribution in [3.63, 3.8) is 0 Å². The Morgan fingerprint density at radius 2 is 1.73 bits per heavy atom. The van der Waals surface area contributed by atoms with Crippen LogP contribution in [0.15, 0.2) is 55.6 Å². The van der Waals surface area contributed by atoms with Gasteiger partial charge in [0.15, 0.2) is 12.6 Å². The summed E-state index contributed by atoms with van der Waals surface area (Å²) in [5, 5.41) is 0. The number of methoxy groups -OCH3 is 1. The van der Waals surface area contributed by atoms with Gasteiger partial charge in [0.1, 0.15) is 24.4 Å². The number of benzene rings is 1. The lowest BCUT2D eigenvalue weighted by Gasteiger charge is -2.48. The molecule has 0 radical (unpaired) electrons. The highest BCUT2D eigenvalue weighted by molar-refractivity contribution is 5.16. The fourth-order valence-electron chi connectivity index (χ4n) is 3.24. The third kappa shape index (κ3) is 4.23. The summed E-state index contributed by atoms with van der Waals surface area (Å²) in [5.41, 5.74) is 0.950. The minimum Gasteiger partial charge on any atom is -0.368 e. The molecule has 6 nitrogen and oxygen atoms in total. The molecule has 1 aromatic carbocycles. The molecule has 2 aliphatic heterocycles. The fourth-order valence-corrected chi connectivity index (χ4v) is 3.24. The first-order valence-corrected chi connectivity index (χ1v) is 8.73. The lowest BCUT2D eigenvalue weighted by molar-refractivity contribution is -0.365. The van der Waals surface area contributed by atoms with Crippen LogP contribution in [0.2, 0.25) is 0 Å². The molecule has 0 amide bonds. The predicted molar refractivity (Wildman–Crippen MR) is 95.6 cm³/mol. The van der Waals surface area contributed by atoms with Gasteiger partial charge in [-0.25, -0.2) is 0 Å². The quantitative estimate of drug-likeness (QED) is 0.663. The zero-order chi connectivity index (χ0) is 18.4. The highest BCUT2D eigenvalue weighted by Crippen LogP contribution is 2.36. The summed E-state index contributed by atoms with van der Waals surface area (Å²) >= 11 is 0. The van der Waals surface area contributed by atoms with Crippen molar-refractivity contribution in [1.29, 1.82) is 0 Å². The van der Waals surface area contributed by atoms with Gasteiger partial charge in [0, 0.05) is 12.7 Å². The van der Waals surface area contributed by atoms with Crippen LogP contribution in [-0.2, 0) is 28.4 Å². The molecule has 3 rings (SSSR count). The molecule has 0 aliphatic carbocycles. The van der Waals surface area contributed by atoms with Crippen molar-refractivity contribution in [2.24, 2.45) is 0 Å². The Hall–Kier alpha value is -1.54. The van der Waals surface area contributed by atoms with Gasteiger partial charge in [-0.3, -0.25) is 0 Å². The summed E-state index contributed by atoms with van der Waals surface area (Å²) in [7, 11) is 1.58. The van der Waals surface area contributed by atoms with E-state index in [1.165, 1.54) is 0 Å². The van der Waals surface area contributed by atoms with Crippen molar-refractivity contribution in [3.8, 4) is 0 Å². The predicted octanol–water partition coefficient (Wildman–Crippen LogP) is 2.61. The van der Waals surface area contributed by atoms with Crippen LogP contribution in [0.1, 0.15) is 11.9 Å². The van der Waals surface area contributed by atoms with Crippen LogP contribution in [0.4, 0.5) is 0 Å². The van der Waals surface area contributed by atoms with E-state index >= 15 is 0 Å². The van der Waals surface area contributed by atoms with Gasteiger partial charge in [-0.2, -0.15) is 0 Å². The normalized spacial score (nSPS) is 34.0. The Kier molecular flexibility index (Phi) is 6.96. The Balaban J connectivity index is 1.81. The molecule has 0 unspecified atom stereocenters. The highest BCUT2D eigenvalue weighted by atomic mass is 16.8. The van der Waals surface area contributed by atoms with E-state index in [0.29, 0.717) is 19.8 Å². The fraction of sp³-hybridized carbons (Fsp3) is 0.500. The molecule has 0 N–H and O–H groups in total. The number of hydrogen-bond donors (Lipinski definition) is 0.